The van der Waals surface area contributed by atoms with Gasteiger partial charge in [-0.3, -0.25) is 4.79 Å². The Morgan fingerprint density at radius 1 is 1.36 bits per heavy atom. The third-order valence-corrected chi connectivity index (χ3v) is 2.31. The molecule has 0 N–H and O–H groups in total. The lowest BCUT2D eigenvalue weighted by atomic mass is 10.3. The summed E-state index contributed by atoms with van der Waals surface area (Å²) in [5, 5.41) is 0. The fourth-order valence-corrected chi connectivity index (χ4v) is 0.811. The van der Waals surface area contributed by atoms with Crippen LogP contribution in [0.3, 0.4) is 0 Å². The maximum Gasteiger partial charge on any atom is 0.328 e. The molecule has 0 bridgehead atoms. The summed E-state index contributed by atoms with van der Waals surface area (Å²) in [6.07, 6.45) is 0.688. The van der Waals surface area contributed by atoms with Gasteiger partial charge in [-0.1, -0.05) is 6.92 Å². The van der Waals surface area contributed by atoms with Crippen molar-refractivity contribution in [3.8, 4) is 0 Å². The Kier molecular flexibility index (Phi) is 5.20. The number of carbonyl (C=O) groups excluding carboxylic acids is 2. The van der Waals surface area contributed by atoms with E-state index in [1.807, 2.05) is 13.8 Å². The first-order valence-corrected chi connectivity index (χ1v) is 4.84. The number of nitrogens with zero attached hydrogens (tertiary/aromatic N) is 1. The predicted molar refractivity (Wildman–Crippen MR) is 53.8 cm³/mol. The maximum atomic E-state index is 11.4. The van der Waals surface area contributed by atoms with Gasteiger partial charge in [0.15, 0.2) is 0 Å². The standard InChI is InChI=1S/C10H19NO3/c1-6-7(2)14-10(13)8(3)11(5)9(4)12/h7-8H,6H2,1-5H3/t7-,8+/m1/s1. The largest absolute Gasteiger partial charge is 0.461 e. The van der Waals surface area contributed by atoms with E-state index in [2.05, 4.69) is 0 Å². The van der Waals surface area contributed by atoms with Gasteiger partial charge >= 0.3 is 5.97 Å². The molecule has 82 valence electrons. The molecule has 0 radical (unpaired) electrons. The van der Waals surface area contributed by atoms with Crippen LogP contribution >= 0.6 is 0 Å². The summed E-state index contributed by atoms with van der Waals surface area (Å²) in [5.74, 6) is -0.490. The highest BCUT2D eigenvalue weighted by atomic mass is 16.5. The Bertz CT molecular complexity index is 215. The van der Waals surface area contributed by atoms with E-state index < -0.39 is 6.04 Å². The number of carbonyl (C=O) groups is 2. The van der Waals surface area contributed by atoms with Crippen molar-refractivity contribution in [2.75, 3.05) is 7.05 Å². The summed E-state index contributed by atoms with van der Waals surface area (Å²) in [7, 11) is 1.59. The first kappa shape index (κ1) is 12.9. The molecule has 4 heteroatoms. The normalized spacial score (nSPS) is 14.4. The van der Waals surface area contributed by atoms with Crippen molar-refractivity contribution in [1.29, 1.82) is 0 Å². The molecule has 0 unspecified atom stereocenters. The number of esters is 1. The van der Waals surface area contributed by atoms with Gasteiger partial charge in [0, 0.05) is 14.0 Å². The third-order valence-electron chi connectivity index (χ3n) is 2.31. The quantitative estimate of drug-likeness (QED) is 0.642. The first-order chi connectivity index (χ1) is 6.40. The molecule has 14 heavy (non-hydrogen) atoms. The maximum absolute atomic E-state index is 11.4. The van der Waals surface area contributed by atoms with E-state index in [0.29, 0.717) is 0 Å². The van der Waals surface area contributed by atoms with Crippen LogP contribution in [-0.2, 0) is 14.3 Å². The minimum atomic E-state index is -0.513. The molecule has 1 amide bonds. The van der Waals surface area contributed by atoms with Crippen LogP contribution in [0.15, 0.2) is 0 Å². The van der Waals surface area contributed by atoms with E-state index in [4.69, 9.17) is 4.74 Å². The number of ether oxygens (including phenoxy) is 1. The van der Waals surface area contributed by atoms with Crippen molar-refractivity contribution < 1.29 is 14.3 Å². The van der Waals surface area contributed by atoms with Gasteiger partial charge in [-0.05, 0) is 20.3 Å². The van der Waals surface area contributed by atoms with Gasteiger partial charge in [-0.25, -0.2) is 4.79 Å². The molecule has 0 saturated heterocycles. The Labute approximate surface area is 85.2 Å². The summed E-state index contributed by atoms with van der Waals surface area (Å²) in [5.41, 5.74) is 0. The highest BCUT2D eigenvalue weighted by Crippen LogP contribution is 2.03. The van der Waals surface area contributed by atoms with Crippen molar-refractivity contribution in [1.82, 2.24) is 4.90 Å². The van der Waals surface area contributed by atoms with E-state index in [9.17, 15) is 9.59 Å². The van der Waals surface area contributed by atoms with E-state index in [0.717, 1.165) is 6.42 Å². The van der Waals surface area contributed by atoms with Crippen LogP contribution in [0.5, 0.6) is 0 Å². The Hall–Kier alpha value is -1.06. The van der Waals surface area contributed by atoms with Crippen molar-refractivity contribution in [3.63, 3.8) is 0 Å². The van der Waals surface area contributed by atoms with Gasteiger partial charge in [0.05, 0.1) is 6.10 Å². The minimum absolute atomic E-state index is 0.0923. The first-order valence-electron chi connectivity index (χ1n) is 4.84. The Balaban J connectivity index is 4.18. The Morgan fingerprint density at radius 3 is 2.21 bits per heavy atom. The van der Waals surface area contributed by atoms with Crippen LogP contribution in [0, 0.1) is 0 Å². The van der Waals surface area contributed by atoms with E-state index in [-0.39, 0.29) is 18.0 Å². The van der Waals surface area contributed by atoms with E-state index >= 15 is 0 Å². The summed E-state index contributed by atoms with van der Waals surface area (Å²) in [6, 6.07) is -0.513. The molecule has 0 spiro atoms. The summed E-state index contributed by atoms with van der Waals surface area (Å²) < 4.78 is 5.10. The average molecular weight is 201 g/mol. The summed E-state index contributed by atoms with van der Waals surface area (Å²) in [6.45, 7) is 6.86. The van der Waals surface area contributed by atoms with Gasteiger partial charge in [0.2, 0.25) is 5.91 Å². The fourth-order valence-electron chi connectivity index (χ4n) is 0.811. The van der Waals surface area contributed by atoms with Crippen LogP contribution in [0.1, 0.15) is 34.1 Å². The average Bonchev–Trinajstić information content (AvgIpc) is 2.14. The topological polar surface area (TPSA) is 46.6 Å². The molecule has 0 fully saturated rings. The lowest BCUT2D eigenvalue weighted by molar-refractivity contribution is -0.157. The summed E-state index contributed by atoms with van der Waals surface area (Å²) in [4.78, 5) is 23.8. The van der Waals surface area contributed by atoms with E-state index in [1.165, 1.54) is 11.8 Å². The van der Waals surface area contributed by atoms with Crippen LogP contribution in [0.4, 0.5) is 0 Å². The molecule has 0 aliphatic heterocycles. The van der Waals surface area contributed by atoms with Crippen LogP contribution < -0.4 is 0 Å². The van der Waals surface area contributed by atoms with Crippen molar-refractivity contribution in [2.24, 2.45) is 0 Å². The minimum Gasteiger partial charge on any atom is -0.461 e. The Morgan fingerprint density at radius 2 is 1.86 bits per heavy atom. The van der Waals surface area contributed by atoms with Crippen LogP contribution in [0.25, 0.3) is 0 Å². The lowest BCUT2D eigenvalue weighted by Crippen LogP contribution is -2.41. The molecule has 2 atom stereocenters. The molecule has 0 aromatic rings. The SMILES string of the molecule is CC[C@@H](C)OC(=O)[C@H](C)N(C)C(C)=O. The zero-order chi connectivity index (χ0) is 11.3. The number of amides is 1. The molecule has 0 rings (SSSR count). The molecule has 0 aliphatic carbocycles. The highest BCUT2D eigenvalue weighted by Gasteiger charge is 2.22. The molecular weight excluding hydrogens is 182 g/mol. The molecule has 0 heterocycles. The van der Waals surface area contributed by atoms with Crippen molar-refractivity contribution in [3.05, 3.63) is 0 Å². The van der Waals surface area contributed by atoms with Gasteiger partial charge in [-0.15, -0.1) is 0 Å². The van der Waals surface area contributed by atoms with Gasteiger partial charge in [-0.2, -0.15) is 0 Å². The van der Waals surface area contributed by atoms with Gasteiger partial charge in [0.1, 0.15) is 6.04 Å². The molecule has 0 saturated carbocycles. The van der Waals surface area contributed by atoms with Crippen LogP contribution in [0.2, 0.25) is 0 Å². The zero-order valence-electron chi connectivity index (χ0n) is 9.53. The highest BCUT2D eigenvalue weighted by molar-refractivity contribution is 5.82. The molecule has 0 aliphatic rings. The van der Waals surface area contributed by atoms with Crippen LogP contribution in [-0.4, -0.2) is 36.0 Å². The zero-order valence-corrected chi connectivity index (χ0v) is 9.53. The van der Waals surface area contributed by atoms with Gasteiger partial charge < -0.3 is 9.64 Å². The second-order valence-corrected chi connectivity index (χ2v) is 3.46. The number of likely N-dealkylation sites (N-methyl/N-ethyl adjacent to an activating group) is 1. The third kappa shape index (κ3) is 3.77. The second kappa shape index (κ2) is 5.62. The molecular formula is C10H19NO3. The number of rotatable bonds is 4. The molecule has 0 aromatic carbocycles. The number of hydrogen-bond donors (Lipinski definition) is 0. The monoisotopic (exact) mass is 201 g/mol. The summed E-state index contributed by atoms with van der Waals surface area (Å²) >= 11 is 0. The molecule has 0 aromatic heterocycles. The predicted octanol–water partition coefficient (Wildman–Crippen LogP) is 1.19. The smallest absolute Gasteiger partial charge is 0.328 e. The number of hydrogen-bond acceptors (Lipinski definition) is 3. The van der Waals surface area contributed by atoms with Crippen molar-refractivity contribution in [2.45, 2.75) is 46.3 Å². The second-order valence-electron chi connectivity index (χ2n) is 3.46. The lowest BCUT2D eigenvalue weighted by Gasteiger charge is -2.23. The molecule has 4 nitrogen and oxygen atoms in total. The van der Waals surface area contributed by atoms with Gasteiger partial charge in [0.25, 0.3) is 0 Å². The fraction of sp³-hybridized carbons (Fsp3) is 0.800. The van der Waals surface area contributed by atoms with E-state index in [1.54, 1.807) is 14.0 Å². The van der Waals surface area contributed by atoms with Crippen molar-refractivity contribution >= 4 is 11.9 Å².